The summed E-state index contributed by atoms with van der Waals surface area (Å²) < 4.78 is 26.1. The van der Waals surface area contributed by atoms with Gasteiger partial charge in [-0.25, -0.2) is 8.42 Å². The Hall–Kier alpha value is -2.34. The van der Waals surface area contributed by atoms with Crippen molar-refractivity contribution in [3.63, 3.8) is 0 Å². The molecule has 0 atom stereocenters. The Kier molecular flexibility index (Phi) is 6.39. The molecule has 0 unspecified atom stereocenters. The Morgan fingerprint density at radius 3 is 2.57 bits per heavy atom. The normalized spacial score (nSPS) is 16.0. The Morgan fingerprint density at radius 1 is 1.04 bits per heavy atom. The Balaban J connectivity index is 1.75. The monoisotopic (exact) mass is 400 g/mol. The van der Waals surface area contributed by atoms with Crippen LogP contribution in [-0.4, -0.2) is 26.6 Å². The molecule has 0 bridgehead atoms. The summed E-state index contributed by atoms with van der Waals surface area (Å²) in [4.78, 5) is 12.7. The number of rotatable bonds is 6. The zero-order chi connectivity index (χ0) is 20.1. The van der Waals surface area contributed by atoms with E-state index in [2.05, 4.69) is 37.4 Å². The lowest BCUT2D eigenvalue weighted by Crippen LogP contribution is -2.38. The van der Waals surface area contributed by atoms with E-state index in [4.69, 9.17) is 0 Å². The number of hydrogen-bond acceptors (Lipinski definition) is 3. The highest BCUT2D eigenvalue weighted by Gasteiger charge is 2.26. The molecule has 0 saturated carbocycles. The molecule has 150 valence electrons. The van der Waals surface area contributed by atoms with E-state index in [9.17, 15) is 13.2 Å². The van der Waals surface area contributed by atoms with E-state index in [1.54, 1.807) is 24.3 Å². The van der Waals surface area contributed by atoms with Crippen LogP contribution in [0.5, 0.6) is 0 Å². The molecule has 0 spiro atoms. The minimum absolute atomic E-state index is 0.164. The third kappa shape index (κ3) is 4.55. The smallest absolute Gasteiger partial charge is 0.251 e. The van der Waals surface area contributed by atoms with Crippen LogP contribution < -0.4 is 9.62 Å². The summed E-state index contributed by atoms with van der Waals surface area (Å²) in [6.07, 6.45) is 3.40. The average molecular weight is 401 g/mol. The van der Waals surface area contributed by atoms with E-state index in [0.29, 0.717) is 30.8 Å². The van der Waals surface area contributed by atoms with Crippen LogP contribution >= 0.6 is 0 Å². The minimum Gasteiger partial charge on any atom is -0.348 e. The first kappa shape index (κ1) is 20.4. The van der Waals surface area contributed by atoms with Gasteiger partial charge in [-0.3, -0.25) is 9.10 Å². The minimum atomic E-state index is -3.29. The predicted molar refractivity (Wildman–Crippen MR) is 113 cm³/mol. The zero-order valence-corrected chi connectivity index (χ0v) is 17.4. The summed E-state index contributed by atoms with van der Waals surface area (Å²) in [6.45, 7) is 5.15. The van der Waals surface area contributed by atoms with Gasteiger partial charge in [0.1, 0.15) is 0 Å². The Bertz CT molecular complexity index is 954. The van der Waals surface area contributed by atoms with Crippen molar-refractivity contribution in [1.82, 2.24) is 5.32 Å². The first-order valence-electron chi connectivity index (χ1n) is 9.94. The van der Waals surface area contributed by atoms with Gasteiger partial charge in [0, 0.05) is 18.7 Å². The van der Waals surface area contributed by atoms with Crippen molar-refractivity contribution in [2.45, 2.75) is 46.1 Å². The number of anilines is 1. The van der Waals surface area contributed by atoms with Gasteiger partial charge in [0.15, 0.2) is 0 Å². The van der Waals surface area contributed by atoms with Gasteiger partial charge < -0.3 is 5.32 Å². The maximum absolute atomic E-state index is 12.7. The molecule has 5 nitrogen and oxygen atoms in total. The number of aryl methyl sites for hydroxylation is 2. The van der Waals surface area contributed by atoms with Crippen molar-refractivity contribution in [1.29, 1.82) is 0 Å². The quantitative estimate of drug-likeness (QED) is 0.804. The molecule has 2 aromatic rings. The van der Waals surface area contributed by atoms with Crippen molar-refractivity contribution in [3.8, 4) is 0 Å². The second-order valence-electron chi connectivity index (χ2n) is 7.14. The van der Waals surface area contributed by atoms with E-state index in [1.807, 2.05) is 0 Å². The van der Waals surface area contributed by atoms with Crippen molar-refractivity contribution < 1.29 is 13.2 Å². The summed E-state index contributed by atoms with van der Waals surface area (Å²) in [5.41, 5.74) is 4.65. The highest BCUT2D eigenvalue weighted by Crippen LogP contribution is 2.24. The molecule has 3 rings (SSSR count). The molecule has 1 fully saturated rings. The van der Waals surface area contributed by atoms with Crippen LogP contribution in [0.3, 0.4) is 0 Å². The van der Waals surface area contributed by atoms with Crippen LogP contribution in [0, 0.1) is 0 Å². The van der Waals surface area contributed by atoms with Crippen LogP contribution in [-0.2, 0) is 29.4 Å². The molecule has 1 aliphatic heterocycles. The van der Waals surface area contributed by atoms with Crippen LogP contribution in [0.2, 0.25) is 0 Å². The van der Waals surface area contributed by atoms with Crippen LogP contribution in [0.15, 0.2) is 42.5 Å². The van der Waals surface area contributed by atoms with Gasteiger partial charge in [-0.1, -0.05) is 38.1 Å². The van der Waals surface area contributed by atoms with Crippen LogP contribution in [0.4, 0.5) is 5.69 Å². The van der Waals surface area contributed by atoms with Crippen molar-refractivity contribution in [2.75, 3.05) is 16.6 Å². The average Bonchev–Trinajstić information content (AvgIpc) is 2.71. The van der Waals surface area contributed by atoms with E-state index < -0.39 is 10.0 Å². The third-order valence-corrected chi connectivity index (χ3v) is 7.11. The molecule has 0 aliphatic carbocycles. The first-order valence-corrected chi connectivity index (χ1v) is 11.5. The molecular formula is C22H28N2O3S. The van der Waals surface area contributed by atoms with Gasteiger partial charge in [0.25, 0.3) is 5.91 Å². The van der Waals surface area contributed by atoms with Crippen molar-refractivity contribution in [3.05, 3.63) is 64.7 Å². The van der Waals surface area contributed by atoms with Crippen LogP contribution in [0.1, 0.15) is 53.7 Å². The zero-order valence-electron chi connectivity index (χ0n) is 16.6. The molecule has 2 aromatic carbocycles. The maximum Gasteiger partial charge on any atom is 0.251 e. The number of carbonyl (C=O) groups is 1. The fraction of sp³-hybridized carbons (Fsp3) is 0.409. The second kappa shape index (κ2) is 8.78. The molecule has 6 heteroatoms. The molecule has 1 amide bonds. The molecule has 28 heavy (non-hydrogen) atoms. The summed E-state index contributed by atoms with van der Waals surface area (Å²) in [5, 5.41) is 2.99. The molecular weight excluding hydrogens is 372 g/mol. The predicted octanol–water partition coefficient (Wildman–Crippen LogP) is 3.67. The topological polar surface area (TPSA) is 66.5 Å². The van der Waals surface area contributed by atoms with E-state index in [0.717, 1.165) is 24.8 Å². The number of benzene rings is 2. The number of hydrogen-bond donors (Lipinski definition) is 1. The van der Waals surface area contributed by atoms with Gasteiger partial charge in [0.2, 0.25) is 10.0 Å². The Morgan fingerprint density at radius 2 is 1.86 bits per heavy atom. The number of nitrogens with one attached hydrogen (secondary N) is 1. The summed E-state index contributed by atoms with van der Waals surface area (Å²) in [5.74, 6) is -0.0306. The fourth-order valence-corrected chi connectivity index (χ4v) is 5.20. The van der Waals surface area contributed by atoms with Gasteiger partial charge in [-0.2, -0.15) is 0 Å². The number of sulfonamides is 1. The van der Waals surface area contributed by atoms with Gasteiger partial charge in [-0.15, -0.1) is 0 Å². The van der Waals surface area contributed by atoms with Gasteiger partial charge >= 0.3 is 0 Å². The molecule has 0 aromatic heterocycles. The third-order valence-electron chi connectivity index (χ3n) is 5.24. The lowest BCUT2D eigenvalue weighted by atomic mass is 10.0. The van der Waals surface area contributed by atoms with Gasteiger partial charge in [0.05, 0.1) is 11.4 Å². The van der Waals surface area contributed by atoms with E-state index >= 15 is 0 Å². The molecule has 1 aliphatic rings. The van der Waals surface area contributed by atoms with Crippen molar-refractivity contribution in [2.24, 2.45) is 0 Å². The largest absolute Gasteiger partial charge is 0.348 e. The lowest BCUT2D eigenvalue weighted by molar-refractivity contribution is 0.0951. The highest BCUT2D eigenvalue weighted by molar-refractivity contribution is 7.92. The molecule has 1 heterocycles. The maximum atomic E-state index is 12.7. The van der Waals surface area contributed by atoms with E-state index in [-0.39, 0.29) is 11.7 Å². The van der Waals surface area contributed by atoms with Crippen LogP contribution in [0.25, 0.3) is 0 Å². The summed E-state index contributed by atoms with van der Waals surface area (Å²) >= 11 is 0. The molecule has 0 radical (unpaired) electrons. The fourth-order valence-electron chi connectivity index (χ4n) is 3.57. The number of nitrogens with zero attached hydrogens (tertiary/aromatic N) is 1. The molecule has 1 N–H and O–H groups in total. The summed E-state index contributed by atoms with van der Waals surface area (Å²) in [6, 6.07) is 13.3. The highest BCUT2D eigenvalue weighted by atomic mass is 32.2. The lowest BCUT2D eigenvalue weighted by Gasteiger charge is -2.28. The number of carbonyl (C=O) groups excluding carboxylic acids is 1. The number of amides is 1. The second-order valence-corrected chi connectivity index (χ2v) is 9.15. The SMILES string of the molecule is CCc1ccc(CC)c(CNC(=O)c2cccc(N3CCCCS3(=O)=O)c2)c1. The Labute approximate surface area is 167 Å². The standard InChI is InChI=1S/C22H28N2O3S/c1-3-17-10-11-18(4-2)20(14-17)16-23-22(25)19-8-7-9-21(15-19)24-12-5-6-13-28(24,26)27/h7-11,14-15H,3-6,12-13,16H2,1-2H3,(H,23,25). The van der Waals surface area contributed by atoms with Gasteiger partial charge in [-0.05, 0) is 60.6 Å². The summed E-state index contributed by atoms with van der Waals surface area (Å²) in [7, 11) is -3.29. The van der Waals surface area contributed by atoms with Crippen molar-refractivity contribution >= 4 is 21.6 Å². The molecule has 1 saturated heterocycles. The first-order chi connectivity index (χ1) is 13.4. The van der Waals surface area contributed by atoms with E-state index in [1.165, 1.54) is 15.4 Å².